The van der Waals surface area contributed by atoms with Crippen LogP contribution in [0.1, 0.15) is 6.42 Å². The Kier molecular flexibility index (Phi) is 5.81. The average Bonchev–Trinajstić information content (AvgIpc) is 2.28. The number of rotatable bonds is 5. The highest BCUT2D eigenvalue weighted by molar-refractivity contribution is 9.10. The van der Waals surface area contributed by atoms with E-state index in [0.29, 0.717) is 18.0 Å². The van der Waals surface area contributed by atoms with Gasteiger partial charge >= 0.3 is 0 Å². The molecule has 1 rings (SSSR count). The molecule has 1 aromatic carbocycles. The molecule has 0 aromatic heterocycles. The molecule has 0 saturated carbocycles. The maximum Gasteiger partial charge on any atom is 0.239 e. The number of nitriles is 1. The topological polar surface area (TPSA) is 64.9 Å². The molecule has 0 aliphatic rings. The van der Waals surface area contributed by atoms with Crippen LogP contribution in [0, 0.1) is 11.3 Å². The van der Waals surface area contributed by atoms with Crippen LogP contribution in [0.2, 0.25) is 5.02 Å². The summed E-state index contributed by atoms with van der Waals surface area (Å²) >= 11 is 9.14. The molecule has 0 aliphatic heterocycles. The van der Waals surface area contributed by atoms with Crippen molar-refractivity contribution in [3.63, 3.8) is 0 Å². The SMILES string of the molecule is N#CCCNC(=O)CNc1ccc(Cl)cc1Br. The van der Waals surface area contributed by atoms with Crippen molar-refractivity contribution >= 4 is 39.1 Å². The van der Waals surface area contributed by atoms with Gasteiger partial charge < -0.3 is 10.6 Å². The van der Waals surface area contributed by atoms with Gasteiger partial charge in [-0.05, 0) is 34.1 Å². The predicted octanol–water partition coefficient (Wildman–Crippen LogP) is 2.54. The maximum atomic E-state index is 11.3. The van der Waals surface area contributed by atoms with Gasteiger partial charge in [0.15, 0.2) is 0 Å². The smallest absolute Gasteiger partial charge is 0.239 e. The lowest BCUT2D eigenvalue weighted by Crippen LogP contribution is -2.30. The van der Waals surface area contributed by atoms with Crippen LogP contribution in [0.3, 0.4) is 0 Å². The molecule has 17 heavy (non-hydrogen) atoms. The van der Waals surface area contributed by atoms with Crippen LogP contribution in [0.5, 0.6) is 0 Å². The Bertz CT molecular complexity index is 445. The molecule has 1 aromatic rings. The van der Waals surface area contributed by atoms with Gasteiger partial charge in [-0.25, -0.2) is 0 Å². The first-order valence-corrected chi connectivity index (χ1v) is 6.13. The first kappa shape index (κ1) is 13.8. The van der Waals surface area contributed by atoms with Gasteiger partial charge in [0.25, 0.3) is 0 Å². The largest absolute Gasteiger partial charge is 0.375 e. The van der Waals surface area contributed by atoms with E-state index in [1.54, 1.807) is 18.2 Å². The summed E-state index contributed by atoms with van der Waals surface area (Å²) in [4.78, 5) is 11.3. The van der Waals surface area contributed by atoms with Crippen molar-refractivity contribution < 1.29 is 4.79 Å². The Morgan fingerprint density at radius 1 is 1.53 bits per heavy atom. The molecule has 1 amide bonds. The average molecular weight is 317 g/mol. The quantitative estimate of drug-likeness (QED) is 0.821. The molecule has 0 spiro atoms. The van der Waals surface area contributed by atoms with E-state index in [2.05, 4.69) is 26.6 Å². The summed E-state index contributed by atoms with van der Waals surface area (Å²) in [6.45, 7) is 0.532. The highest BCUT2D eigenvalue weighted by atomic mass is 79.9. The lowest BCUT2D eigenvalue weighted by molar-refractivity contribution is -0.119. The summed E-state index contributed by atoms with van der Waals surface area (Å²) in [5.41, 5.74) is 0.796. The number of anilines is 1. The van der Waals surface area contributed by atoms with Gasteiger partial charge in [-0.2, -0.15) is 5.26 Å². The number of halogens is 2. The molecule has 0 aliphatic carbocycles. The molecule has 0 saturated heterocycles. The van der Waals surface area contributed by atoms with Gasteiger partial charge in [0.2, 0.25) is 5.91 Å². The second kappa shape index (κ2) is 7.15. The molecule has 0 atom stereocenters. The lowest BCUT2D eigenvalue weighted by Gasteiger charge is -2.08. The van der Waals surface area contributed by atoms with E-state index < -0.39 is 0 Å². The van der Waals surface area contributed by atoms with Crippen LogP contribution < -0.4 is 10.6 Å². The number of carbonyl (C=O) groups is 1. The molecule has 90 valence electrons. The number of benzene rings is 1. The third-order valence-electron chi connectivity index (χ3n) is 1.93. The van der Waals surface area contributed by atoms with E-state index >= 15 is 0 Å². The van der Waals surface area contributed by atoms with E-state index in [-0.39, 0.29) is 12.5 Å². The first-order valence-electron chi connectivity index (χ1n) is 4.96. The summed E-state index contributed by atoms with van der Waals surface area (Å²) in [5, 5.41) is 14.5. The minimum absolute atomic E-state index is 0.151. The predicted molar refractivity (Wildman–Crippen MR) is 70.9 cm³/mol. The zero-order valence-electron chi connectivity index (χ0n) is 8.96. The van der Waals surface area contributed by atoms with Crippen LogP contribution in [-0.4, -0.2) is 19.0 Å². The van der Waals surface area contributed by atoms with Crippen LogP contribution >= 0.6 is 27.5 Å². The first-order chi connectivity index (χ1) is 8.13. The molecule has 4 nitrogen and oxygen atoms in total. The lowest BCUT2D eigenvalue weighted by atomic mass is 10.3. The van der Waals surface area contributed by atoms with Crippen molar-refractivity contribution in [3.05, 3.63) is 27.7 Å². The van der Waals surface area contributed by atoms with Gasteiger partial charge in [-0.3, -0.25) is 4.79 Å². The third kappa shape index (κ3) is 5.07. The Morgan fingerprint density at radius 3 is 2.94 bits per heavy atom. The van der Waals surface area contributed by atoms with Crippen LogP contribution in [0.15, 0.2) is 22.7 Å². The molecular formula is C11H11BrClN3O. The summed E-state index contributed by atoms with van der Waals surface area (Å²) in [5.74, 6) is -0.151. The number of amides is 1. The van der Waals surface area contributed by atoms with E-state index in [1.807, 2.05) is 6.07 Å². The fourth-order valence-corrected chi connectivity index (χ4v) is 1.95. The van der Waals surface area contributed by atoms with E-state index in [0.717, 1.165) is 10.2 Å². The maximum absolute atomic E-state index is 11.3. The van der Waals surface area contributed by atoms with E-state index in [4.69, 9.17) is 16.9 Å². The highest BCUT2D eigenvalue weighted by Gasteiger charge is 2.03. The number of nitrogens with one attached hydrogen (secondary N) is 2. The second-order valence-electron chi connectivity index (χ2n) is 3.24. The van der Waals surface area contributed by atoms with Crippen LogP contribution in [0.4, 0.5) is 5.69 Å². The second-order valence-corrected chi connectivity index (χ2v) is 4.53. The fourth-order valence-electron chi connectivity index (χ4n) is 1.13. The van der Waals surface area contributed by atoms with Gasteiger partial charge in [0, 0.05) is 21.7 Å². The number of carbonyl (C=O) groups excluding carboxylic acids is 1. The Balaban J connectivity index is 2.40. The summed E-state index contributed by atoms with van der Waals surface area (Å²) in [7, 11) is 0. The summed E-state index contributed by atoms with van der Waals surface area (Å²) in [6, 6.07) is 7.23. The van der Waals surface area contributed by atoms with Crippen molar-refractivity contribution in [2.24, 2.45) is 0 Å². The van der Waals surface area contributed by atoms with E-state index in [9.17, 15) is 4.79 Å². The van der Waals surface area contributed by atoms with Gasteiger partial charge in [-0.1, -0.05) is 11.6 Å². The molecule has 6 heteroatoms. The summed E-state index contributed by atoms with van der Waals surface area (Å²) < 4.78 is 0.801. The standard InChI is InChI=1S/C11H11BrClN3O/c12-9-6-8(13)2-3-10(9)16-7-11(17)15-5-1-4-14/h2-3,6,16H,1,5,7H2,(H,15,17). The van der Waals surface area contributed by atoms with Gasteiger partial charge in [0.05, 0.1) is 19.0 Å². The normalized spacial score (nSPS) is 9.47. The Labute approximate surface area is 113 Å². The molecule has 0 bridgehead atoms. The van der Waals surface area contributed by atoms with Crippen LogP contribution in [0.25, 0.3) is 0 Å². The molecule has 0 heterocycles. The third-order valence-corrected chi connectivity index (χ3v) is 2.82. The molecule has 0 radical (unpaired) electrons. The molecular weight excluding hydrogens is 305 g/mol. The van der Waals surface area contributed by atoms with Crippen molar-refractivity contribution in [3.8, 4) is 6.07 Å². The highest BCUT2D eigenvalue weighted by Crippen LogP contribution is 2.25. The van der Waals surface area contributed by atoms with E-state index in [1.165, 1.54) is 0 Å². The minimum atomic E-state index is -0.151. The van der Waals surface area contributed by atoms with Crippen molar-refractivity contribution in [2.45, 2.75) is 6.42 Å². The van der Waals surface area contributed by atoms with Gasteiger partial charge in [0.1, 0.15) is 0 Å². The van der Waals surface area contributed by atoms with Crippen molar-refractivity contribution in [1.29, 1.82) is 5.26 Å². The van der Waals surface area contributed by atoms with Crippen molar-refractivity contribution in [1.82, 2.24) is 5.32 Å². The Hall–Kier alpha value is -1.25. The van der Waals surface area contributed by atoms with Gasteiger partial charge in [-0.15, -0.1) is 0 Å². The minimum Gasteiger partial charge on any atom is -0.375 e. The van der Waals surface area contributed by atoms with Crippen molar-refractivity contribution in [2.75, 3.05) is 18.4 Å². The summed E-state index contributed by atoms with van der Waals surface area (Å²) in [6.07, 6.45) is 0.316. The zero-order valence-corrected chi connectivity index (χ0v) is 11.3. The van der Waals surface area contributed by atoms with Crippen LogP contribution in [-0.2, 0) is 4.79 Å². The molecule has 0 unspecified atom stereocenters. The number of nitrogens with zero attached hydrogens (tertiary/aromatic N) is 1. The number of hydrogen-bond acceptors (Lipinski definition) is 3. The molecule has 2 N–H and O–H groups in total. The molecule has 0 fully saturated rings. The zero-order chi connectivity index (χ0) is 12.7. The monoisotopic (exact) mass is 315 g/mol. The fraction of sp³-hybridized carbons (Fsp3) is 0.273. The Morgan fingerprint density at radius 2 is 2.29 bits per heavy atom. The number of hydrogen-bond donors (Lipinski definition) is 2.